The minimum Gasteiger partial charge on any atom is -0.384 e. The monoisotopic (exact) mass is 166 g/mol. The predicted molar refractivity (Wildman–Crippen MR) is 53.5 cm³/mol. The highest BCUT2D eigenvalue weighted by molar-refractivity contribution is 5.18. The molecule has 0 aliphatic heterocycles. The van der Waals surface area contributed by atoms with Crippen LogP contribution in [0.1, 0.15) is 25.8 Å². The van der Waals surface area contributed by atoms with Gasteiger partial charge in [-0.25, -0.2) is 0 Å². The van der Waals surface area contributed by atoms with Crippen LogP contribution in [0.15, 0.2) is 30.3 Å². The quantitative estimate of drug-likeness (QED) is 0.670. The van der Waals surface area contributed by atoms with Crippen LogP contribution in [0, 0.1) is 0 Å². The molecule has 0 aromatic heterocycles. The molecule has 68 valence electrons. The molecule has 1 heteroatoms. The Labute approximate surface area is 75.4 Å². The van der Waals surface area contributed by atoms with E-state index in [-0.39, 0.29) is 7.43 Å². The molecule has 0 aliphatic carbocycles. The molecular formula is C11H18O. The van der Waals surface area contributed by atoms with Crippen LogP contribution in [0.5, 0.6) is 0 Å². The lowest BCUT2D eigenvalue weighted by atomic mass is 10.0. The second-order valence-corrected chi connectivity index (χ2v) is 2.77. The van der Waals surface area contributed by atoms with E-state index in [0.717, 1.165) is 6.61 Å². The van der Waals surface area contributed by atoms with Gasteiger partial charge in [0.25, 0.3) is 0 Å². The number of methoxy groups -OCH3 is 1. The van der Waals surface area contributed by atoms with Crippen molar-refractivity contribution in [2.75, 3.05) is 13.7 Å². The zero-order valence-corrected chi connectivity index (χ0v) is 7.08. The Kier molecular flexibility index (Phi) is 5.39. The highest BCUT2D eigenvalue weighted by Gasteiger charge is 2.01. The van der Waals surface area contributed by atoms with Gasteiger partial charge in [-0.1, -0.05) is 44.7 Å². The van der Waals surface area contributed by atoms with Gasteiger partial charge in [0.2, 0.25) is 0 Å². The van der Waals surface area contributed by atoms with Crippen molar-refractivity contribution in [3.8, 4) is 0 Å². The van der Waals surface area contributed by atoms with Crippen molar-refractivity contribution >= 4 is 0 Å². The molecule has 1 rings (SSSR count). The molecule has 0 N–H and O–H groups in total. The Morgan fingerprint density at radius 2 is 1.83 bits per heavy atom. The van der Waals surface area contributed by atoms with Crippen LogP contribution in [0.2, 0.25) is 0 Å². The van der Waals surface area contributed by atoms with Crippen molar-refractivity contribution in [2.45, 2.75) is 20.3 Å². The molecule has 1 aromatic rings. The second kappa shape index (κ2) is 5.78. The zero-order valence-electron chi connectivity index (χ0n) is 7.08. The second-order valence-electron chi connectivity index (χ2n) is 2.77. The summed E-state index contributed by atoms with van der Waals surface area (Å²) in [5.74, 6) is 0.501. The van der Waals surface area contributed by atoms with E-state index in [0.29, 0.717) is 5.92 Å². The highest BCUT2D eigenvalue weighted by atomic mass is 16.5. The summed E-state index contributed by atoms with van der Waals surface area (Å²) in [5.41, 5.74) is 1.34. The fourth-order valence-corrected chi connectivity index (χ4v) is 1.13. The molecule has 0 saturated carbocycles. The van der Waals surface area contributed by atoms with Crippen molar-refractivity contribution < 1.29 is 4.74 Å². The molecule has 0 bridgehead atoms. The van der Waals surface area contributed by atoms with Gasteiger partial charge in [-0.3, -0.25) is 0 Å². The van der Waals surface area contributed by atoms with Crippen molar-refractivity contribution in [3.63, 3.8) is 0 Å². The molecule has 1 unspecified atom stereocenters. The van der Waals surface area contributed by atoms with E-state index in [1.165, 1.54) is 5.56 Å². The molecule has 0 amide bonds. The SMILES string of the molecule is C.COCC(C)c1ccccc1. The Balaban J connectivity index is 0.00000121. The molecule has 1 nitrogen and oxygen atoms in total. The first-order valence-electron chi connectivity index (χ1n) is 3.88. The maximum Gasteiger partial charge on any atom is 0.0528 e. The van der Waals surface area contributed by atoms with E-state index in [4.69, 9.17) is 4.74 Å². The molecule has 1 atom stereocenters. The largest absolute Gasteiger partial charge is 0.384 e. The molecule has 0 radical (unpaired) electrons. The van der Waals surface area contributed by atoms with Gasteiger partial charge in [0.1, 0.15) is 0 Å². The molecule has 1 aromatic carbocycles. The Morgan fingerprint density at radius 1 is 1.25 bits per heavy atom. The molecule has 0 fully saturated rings. The van der Waals surface area contributed by atoms with Crippen LogP contribution in [0.25, 0.3) is 0 Å². The van der Waals surface area contributed by atoms with Crippen LogP contribution in [0.3, 0.4) is 0 Å². The molecule has 0 saturated heterocycles. The van der Waals surface area contributed by atoms with E-state index in [2.05, 4.69) is 31.2 Å². The first kappa shape index (κ1) is 11.2. The Morgan fingerprint density at radius 3 is 2.33 bits per heavy atom. The van der Waals surface area contributed by atoms with Gasteiger partial charge < -0.3 is 4.74 Å². The lowest BCUT2D eigenvalue weighted by molar-refractivity contribution is 0.184. The lowest BCUT2D eigenvalue weighted by Crippen LogP contribution is -2.00. The summed E-state index contributed by atoms with van der Waals surface area (Å²) in [6.45, 7) is 2.96. The number of benzene rings is 1. The third-order valence-electron chi connectivity index (χ3n) is 1.79. The predicted octanol–water partition coefficient (Wildman–Crippen LogP) is 3.07. The van der Waals surface area contributed by atoms with Gasteiger partial charge in [0.05, 0.1) is 6.61 Å². The number of ether oxygens (including phenoxy) is 1. The zero-order chi connectivity index (χ0) is 8.10. The third kappa shape index (κ3) is 3.05. The van der Waals surface area contributed by atoms with Crippen LogP contribution in [-0.2, 0) is 4.74 Å². The standard InChI is InChI=1S/C10H14O.CH4/c1-9(8-11-2)10-6-4-3-5-7-10;/h3-7,9H,8H2,1-2H3;1H4. The van der Waals surface area contributed by atoms with E-state index < -0.39 is 0 Å². The summed E-state index contributed by atoms with van der Waals surface area (Å²) in [7, 11) is 1.74. The molecule has 0 heterocycles. The minimum atomic E-state index is 0. The van der Waals surface area contributed by atoms with Crippen LogP contribution >= 0.6 is 0 Å². The van der Waals surface area contributed by atoms with E-state index in [9.17, 15) is 0 Å². The van der Waals surface area contributed by atoms with Gasteiger partial charge in [-0.15, -0.1) is 0 Å². The van der Waals surface area contributed by atoms with Crippen molar-refractivity contribution in [1.29, 1.82) is 0 Å². The summed E-state index contributed by atoms with van der Waals surface area (Å²) >= 11 is 0. The first-order valence-corrected chi connectivity index (χ1v) is 3.88. The van der Waals surface area contributed by atoms with Crippen LogP contribution in [0.4, 0.5) is 0 Å². The van der Waals surface area contributed by atoms with Crippen molar-refractivity contribution in [3.05, 3.63) is 35.9 Å². The van der Waals surface area contributed by atoms with E-state index >= 15 is 0 Å². The smallest absolute Gasteiger partial charge is 0.0528 e. The van der Waals surface area contributed by atoms with Gasteiger partial charge in [0.15, 0.2) is 0 Å². The summed E-state index contributed by atoms with van der Waals surface area (Å²) in [4.78, 5) is 0. The van der Waals surface area contributed by atoms with Gasteiger partial charge >= 0.3 is 0 Å². The molecule has 0 spiro atoms. The first-order chi connectivity index (χ1) is 5.34. The summed E-state index contributed by atoms with van der Waals surface area (Å²) in [6.07, 6.45) is 0. The summed E-state index contributed by atoms with van der Waals surface area (Å²) < 4.78 is 5.06. The molecular weight excluding hydrogens is 148 g/mol. The maximum atomic E-state index is 5.06. The molecule has 0 aliphatic rings. The number of rotatable bonds is 3. The Hall–Kier alpha value is -0.820. The van der Waals surface area contributed by atoms with Gasteiger partial charge in [0, 0.05) is 13.0 Å². The highest BCUT2D eigenvalue weighted by Crippen LogP contribution is 2.13. The number of hydrogen-bond acceptors (Lipinski definition) is 1. The van der Waals surface area contributed by atoms with E-state index in [1.807, 2.05) is 6.07 Å². The topological polar surface area (TPSA) is 9.23 Å². The van der Waals surface area contributed by atoms with Gasteiger partial charge in [-0.05, 0) is 5.56 Å². The maximum absolute atomic E-state index is 5.06. The third-order valence-corrected chi connectivity index (χ3v) is 1.79. The fraction of sp³-hybridized carbons (Fsp3) is 0.455. The number of hydrogen-bond donors (Lipinski definition) is 0. The van der Waals surface area contributed by atoms with Crippen LogP contribution < -0.4 is 0 Å². The normalized spacial score (nSPS) is 11.8. The summed E-state index contributed by atoms with van der Waals surface area (Å²) in [5, 5.41) is 0. The van der Waals surface area contributed by atoms with Crippen LogP contribution in [-0.4, -0.2) is 13.7 Å². The minimum absolute atomic E-state index is 0. The summed E-state index contributed by atoms with van der Waals surface area (Å²) in [6, 6.07) is 10.4. The van der Waals surface area contributed by atoms with Gasteiger partial charge in [-0.2, -0.15) is 0 Å². The van der Waals surface area contributed by atoms with E-state index in [1.54, 1.807) is 7.11 Å². The van der Waals surface area contributed by atoms with Crippen molar-refractivity contribution in [2.24, 2.45) is 0 Å². The lowest BCUT2D eigenvalue weighted by Gasteiger charge is -2.09. The molecule has 12 heavy (non-hydrogen) atoms. The average Bonchev–Trinajstić information content (AvgIpc) is 2.07. The Bertz CT molecular complexity index is 193. The fourth-order valence-electron chi connectivity index (χ4n) is 1.13. The average molecular weight is 166 g/mol. The van der Waals surface area contributed by atoms with Crippen molar-refractivity contribution in [1.82, 2.24) is 0 Å².